The predicted molar refractivity (Wildman–Crippen MR) is 146 cm³/mol. The Morgan fingerprint density at radius 1 is 1.08 bits per heavy atom. The number of nitrogens with zero attached hydrogens (tertiary/aromatic N) is 4. The van der Waals surface area contributed by atoms with E-state index in [4.69, 9.17) is 0 Å². The van der Waals surface area contributed by atoms with Crippen LogP contribution in [0.15, 0.2) is 64.8 Å². The molecule has 6 nitrogen and oxygen atoms in total. The van der Waals surface area contributed by atoms with Crippen LogP contribution < -0.4 is 0 Å². The van der Waals surface area contributed by atoms with E-state index in [9.17, 15) is 9.59 Å². The van der Waals surface area contributed by atoms with Crippen LogP contribution >= 0.6 is 27.3 Å². The molecular formula is C28H27BrN4O2S. The zero-order valence-electron chi connectivity index (χ0n) is 20.3. The number of amides is 1. The molecule has 2 aromatic carbocycles. The zero-order valence-corrected chi connectivity index (χ0v) is 22.7. The fourth-order valence-corrected chi connectivity index (χ4v) is 5.93. The maximum Gasteiger partial charge on any atom is 0.253 e. The minimum absolute atomic E-state index is 0.0334. The molecule has 0 radical (unpaired) electrons. The maximum absolute atomic E-state index is 13.3. The van der Waals surface area contributed by atoms with Crippen molar-refractivity contribution < 1.29 is 9.59 Å². The smallest absolute Gasteiger partial charge is 0.253 e. The topological polar surface area (TPSA) is 68.1 Å². The van der Waals surface area contributed by atoms with Crippen LogP contribution in [-0.2, 0) is 13.5 Å². The van der Waals surface area contributed by atoms with E-state index in [0.29, 0.717) is 21.1 Å². The summed E-state index contributed by atoms with van der Waals surface area (Å²) >= 11 is 4.63. The van der Waals surface area contributed by atoms with Crippen molar-refractivity contribution >= 4 is 39.0 Å². The lowest BCUT2D eigenvalue weighted by Gasteiger charge is -2.32. The molecule has 0 N–H and O–H groups in total. The van der Waals surface area contributed by atoms with Gasteiger partial charge in [0.25, 0.3) is 5.91 Å². The second-order valence-electron chi connectivity index (χ2n) is 9.31. The molecule has 5 rings (SSSR count). The van der Waals surface area contributed by atoms with Gasteiger partial charge >= 0.3 is 0 Å². The molecule has 3 heterocycles. The Morgan fingerprint density at radius 2 is 1.83 bits per heavy atom. The van der Waals surface area contributed by atoms with E-state index in [1.165, 1.54) is 16.9 Å². The minimum Gasteiger partial charge on any atom is -0.339 e. The molecule has 8 heteroatoms. The van der Waals surface area contributed by atoms with Gasteiger partial charge in [0.15, 0.2) is 10.8 Å². The fourth-order valence-electron chi connectivity index (χ4n) is 4.74. The molecule has 1 aliphatic rings. The number of halogens is 1. The van der Waals surface area contributed by atoms with Gasteiger partial charge in [-0.1, -0.05) is 30.3 Å². The van der Waals surface area contributed by atoms with Crippen molar-refractivity contribution in [2.45, 2.75) is 32.1 Å². The van der Waals surface area contributed by atoms with Crippen LogP contribution in [0.2, 0.25) is 0 Å². The number of Topliss-reactive ketones (excluding diaryl/α,β-unsaturated/α-hetero) is 1. The van der Waals surface area contributed by atoms with Gasteiger partial charge in [0.1, 0.15) is 4.60 Å². The Balaban J connectivity index is 1.21. The van der Waals surface area contributed by atoms with E-state index in [2.05, 4.69) is 50.3 Å². The molecule has 4 aromatic rings. The lowest BCUT2D eigenvalue weighted by atomic mass is 9.88. The van der Waals surface area contributed by atoms with E-state index in [1.54, 1.807) is 5.38 Å². The molecule has 36 heavy (non-hydrogen) atoms. The first-order chi connectivity index (χ1) is 17.4. The summed E-state index contributed by atoms with van der Waals surface area (Å²) < 4.78 is 2.48. The van der Waals surface area contributed by atoms with E-state index in [1.807, 2.05) is 54.1 Å². The highest BCUT2D eigenvalue weighted by Crippen LogP contribution is 2.30. The SMILES string of the molecule is Cc1ccc(C(=O)N2CCC(c3ccc(-c4cnn(C)c4)cc3)CC2)cc1CC(=O)c1nc(Br)cs1. The van der Waals surface area contributed by atoms with Crippen molar-refractivity contribution in [2.75, 3.05) is 13.1 Å². The largest absolute Gasteiger partial charge is 0.339 e. The van der Waals surface area contributed by atoms with Crippen molar-refractivity contribution in [3.63, 3.8) is 0 Å². The minimum atomic E-state index is -0.0336. The highest BCUT2D eigenvalue weighted by atomic mass is 79.9. The molecule has 0 bridgehead atoms. The summed E-state index contributed by atoms with van der Waals surface area (Å²) in [5, 5.41) is 6.54. The van der Waals surface area contributed by atoms with Crippen molar-refractivity contribution in [3.8, 4) is 11.1 Å². The van der Waals surface area contributed by atoms with E-state index in [0.717, 1.165) is 48.2 Å². The fraction of sp³-hybridized carbons (Fsp3) is 0.286. The van der Waals surface area contributed by atoms with Crippen LogP contribution in [0.1, 0.15) is 55.6 Å². The highest BCUT2D eigenvalue weighted by Gasteiger charge is 2.25. The van der Waals surface area contributed by atoms with Crippen LogP contribution in [-0.4, -0.2) is 44.4 Å². The third-order valence-corrected chi connectivity index (χ3v) is 8.46. The first-order valence-corrected chi connectivity index (χ1v) is 13.7. The molecule has 184 valence electrons. The van der Waals surface area contributed by atoms with E-state index < -0.39 is 0 Å². The van der Waals surface area contributed by atoms with Crippen LogP contribution in [0.3, 0.4) is 0 Å². The molecule has 0 spiro atoms. The third kappa shape index (κ3) is 5.34. The molecule has 1 amide bonds. The van der Waals surface area contributed by atoms with Crippen LogP contribution in [0.4, 0.5) is 0 Å². The molecule has 0 aliphatic carbocycles. The molecule has 2 aromatic heterocycles. The van der Waals surface area contributed by atoms with Gasteiger partial charge in [0, 0.05) is 49.3 Å². The number of rotatable bonds is 6. The Morgan fingerprint density at radius 3 is 2.47 bits per heavy atom. The zero-order chi connectivity index (χ0) is 25.2. The van der Waals surface area contributed by atoms with Crippen molar-refractivity contribution in [2.24, 2.45) is 7.05 Å². The van der Waals surface area contributed by atoms with Crippen LogP contribution in [0.25, 0.3) is 11.1 Å². The lowest BCUT2D eigenvalue weighted by molar-refractivity contribution is 0.0712. The van der Waals surface area contributed by atoms with E-state index >= 15 is 0 Å². The summed E-state index contributed by atoms with van der Waals surface area (Å²) in [5.74, 6) is 0.445. The van der Waals surface area contributed by atoms with Gasteiger partial charge in [-0.2, -0.15) is 5.10 Å². The molecule has 1 aliphatic heterocycles. The average molecular weight is 564 g/mol. The summed E-state index contributed by atoms with van der Waals surface area (Å²) in [4.78, 5) is 32.1. The van der Waals surface area contributed by atoms with Crippen LogP contribution in [0.5, 0.6) is 0 Å². The third-order valence-electron chi connectivity index (χ3n) is 6.86. The number of likely N-dealkylation sites (tertiary alicyclic amines) is 1. The lowest BCUT2D eigenvalue weighted by Crippen LogP contribution is -2.38. The molecule has 0 unspecified atom stereocenters. The summed E-state index contributed by atoms with van der Waals surface area (Å²) in [7, 11) is 1.92. The predicted octanol–water partition coefficient (Wildman–Crippen LogP) is 6.06. The standard InChI is InChI=1S/C28H27BrN4O2S/c1-18-3-4-22(13-23(18)14-25(34)27-31-26(29)17-36-27)28(35)33-11-9-21(10-12-33)19-5-7-20(8-6-19)24-15-30-32(2)16-24/h3-8,13,15-17,21H,9-12,14H2,1-2H3. The van der Waals surface area contributed by atoms with Crippen molar-refractivity contribution in [1.82, 2.24) is 19.7 Å². The van der Waals surface area contributed by atoms with Crippen molar-refractivity contribution in [3.05, 3.63) is 92.1 Å². The molecule has 1 saturated heterocycles. The number of carbonyl (C=O) groups excluding carboxylic acids is 2. The van der Waals surface area contributed by atoms with Gasteiger partial charge in [0.2, 0.25) is 0 Å². The number of hydrogen-bond acceptors (Lipinski definition) is 5. The van der Waals surface area contributed by atoms with Gasteiger partial charge in [-0.25, -0.2) is 4.98 Å². The first kappa shape index (κ1) is 24.6. The number of benzene rings is 2. The Bertz CT molecular complexity index is 1400. The number of thiazole rings is 1. The van der Waals surface area contributed by atoms with Gasteiger partial charge in [-0.15, -0.1) is 11.3 Å². The average Bonchev–Trinajstić information content (AvgIpc) is 3.53. The molecular weight excluding hydrogens is 536 g/mol. The van der Waals surface area contributed by atoms with Gasteiger partial charge in [0.05, 0.1) is 6.20 Å². The number of ketones is 1. The monoisotopic (exact) mass is 562 g/mol. The van der Waals surface area contributed by atoms with Gasteiger partial charge in [-0.05, 0) is 76.0 Å². The summed E-state index contributed by atoms with van der Waals surface area (Å²) in [6.07, 6.45) is 6.01. The first-order valence-electron chi connectivity index (χ1n) is 12.0. The Hall–Kier alpha value is -3.10. The Kier molecular flexibility index (Phi) is 7.16. The quantitative estimate of drug-likeness (QED) is 0.268. The second kappa shape index (κ2) is 10.5. The molecule has 0 saturated carbocycles. The maximum atomic E-state index is 13.3. The van der Waals surface area contributed by atoms with Gasteiger partial charge in [-0.3, -0.25) is 14.3 Å². The van der Waals surface area contributed by atoms with Crippen molar-refractivity contribution in [1.29, 1.82) is 0 Å². The van der Waals surface area contributed by atoms with Crippen LogP contribution in [0, 0.1) is 6.92 Å². The number of hydrogen-bond donors (Lipinski definition) is 0. The summed E-state index contributed by atoms with van der Waals surface area (Å²) in [6.45, 7) is 3.42. The number of carbonyl (C=O) groups is 2. The number of aromatic nitrogens is 3. The van der Waals surface area contributed by atoms with Gasteiger partial charge < -0.3 is 4.90 Å². The van der Waals surface area contributed by atoms with E-state index in [-0.39, 0.29) is 18.1 Å². The summed E-state index contributed by atoms with van der Waals surface area (Å²) in [6, 6.07) is 14.4. The number of aryl methyl sites for hydroxylation is 2. The second-order valence-corrected chi connectivity index (χ2v) is 11.0. The Labute approximate surface area is 223 Å². The normalized spacial score (nSPS) is 14.2. The molecule has 0 atom stereocenters. The molecule has 1 fully saturated rings. The number of piperidine rings is 1. The highest BCUT2D eigenvalue weighted by molar-refractivity contribution is 9.10. The summed E-state index contributed by atoms with van der Waals surface area (Å²) in [5.41, 5.74) is 6.12.